The largest absolute Gasteiger partial charge is 0.308 e. The van der Waals surface area contributed by atoms with Crippen LogP contribution in [0.1, 0.15) is 30.7 Å². The van der Waals surface area contributed by atoms with Gasteiger partial charge in [0.2, 0.25) is 0 Å². The molecule has 1 aromatic heterocycles. The molecule has 1 rings (SSSR count). The maximum Gasteiger partial charge on any atom is 0.0460 e. The quantitative estimate of drug-likeness (QED) is 0.636. The van der Waals surface area contributed by atoms with E-state index in [0.29, 0.717) is 0 Å². The molecule has 2 nitrogen and oxygen atoms in total. The van der Waals surface area contributed by atoms with Crippen molar-refractivity contribution in [1.29, 1.82) is 5.41 Å². The van der Waals surface area contributed by atoms with E-state index in [0.717, 1.165) is 16.8 Å². The molecule has 0 aliphatic carbocycles. The molecular formula is C10H16N2. The van der Waals surface area contributed by atoms with Crippen molar-refractivity contribution in [2.24, 2.45) is 0 Å². The summed E-state index contributed by atoms with van der Waals surface area (Å²) in [5.41, 5.74) is 2.92. The number of nitrogens with zero attached hydrogens (tertiary/aromatic N) is 1. The Morgan fingerprint density at radius 3 is 2.33 bits per heavy atom. The van der Waals surface area contributed by atoms with Gasteiger partial charge in [0.25, 0.3) is 0 Å². The van der Waals surface area contributed by atoms with Crippen LogP contribution in [0.15, 0.2) is 12.3 Å². The van der Waals surface area contributed by atoms with E-state index in [1.807, 2.05) is 40.0 Å². The van der Waals surface area contributed by atoms with Gasteiger partial charge in [-0.05, 0) is 25.5 Å². The van der Waals surface area contributed by atoms with Crippen molar-refractivity contribution >= 4 is 6.21 Å². The zero-order valence-corrected chi connectivity index (χ0v) is 8.18. The van der Waals surface area contributed by atoms with E-state index in [1.54, 1.807) is 0 Å². The summed E-state index contributed by atoms with van der Waals surface area (Å²) in [5.74, 6) is 0. The topological polar surface area (TPSA) is 36.7 Å². The summed E-state index contributed by atoms with van der Waals surface area (Å²) in [6.45, 7) is 7.87. The zero-order chi connectivity index (χ0) is 9.56. The van der Waals surface area contributed by atoms with E-state index < -0.39 is 0 Å². The summed E-state index contributed by atoms with van der Waals surface area (Å²) in [6.07, 6.45) is 3.14. The normalized spacial score (nSPS) is 8.33. The lowest BCUT2D eigenvalue weighted by Gasteiger charge is -1.97. The summed E-state index contributed by atoms with van der Waals surface area (Å²) in [7, 11) is 0. The third kappa shape index (κ3) is 2.82. The molecule has 0 spiro atoms. The number of hydrogen-bond donors (Lipinski definition) is 1. The summed E-state index contributed by atoms with van der Waals surface area (Å²) in [5, 5.41) is 7.02. The van der Waals surface area contributed by atoms with Crippen molar-refractivity contribution < 1.29 is 0 Å². The van der Waals surface area contributed by atoms with Crippen molar-refractivity contribution in [3.8, 4) is 0 Å². The summed E-state index contributed by atoms with van der Waals surface area (Å²) < 4.78 is 0. The van der Waals surface area contributed by atoms with E-state index >= 15 is 0 Å². The van der Waals surface area contributed by atoms with Crippen LogP contribution >= 0.6 is 0 Å². The molecule has 0 saturated heterocycles. The SMILES string of the molecule is CC.Cc1cnc(C)c(C=N)c1. The summed E-state index contributed by atoms with van der Waals surface area (Å²) in [4.78, 5) is 4.10. The Hall–Kier alpha value is -1.18. The molecule has 0 unspecified atom stereocenters. The fourth-order valence-electron chi connectivity index (χ4n) is 0.806. The lowest BCUT2D eigenvalue weighted by Crippen LogP contribution is -1.90. The lowest BCUT2D eigenvalue weighted by molar-refractivity contribution is 1.16. The first-order valence-electron chi connectivity index (χ1n) is 4.18. The van der Waals surface area contributed by atoms with Crippen molar-refractivity contribution in [1.82, 2.24) is 4.98 Å². The average Bonchev–Trinajstić information content (AvgIpc) is 2.13. The molecule has 12 heavy (non-hydrogen) atoms. The molecule has 1 aromatic rings. The molecule has 0 bridgehead atoms. The van der Waals surface area contributed by atoms with Gasteiger partial charge in [-0.15, -0.1) is 0 Å². The van der Waals surface area contributed by atoms with Gasteiger partial charge in [0.1, 0.15) is 0 Å². The van der Waals surface area contributed by atoms with Gasteiger partial charge in [-0.3, -0.25) is 4.98 Å². The minimum absolute atomic E-state index is 0.903. The van der Waals surface area contributed by atoms with E-state index in [-0.39, 0.29) is 0 Å². The molecule has 0 aromatic carbocycles. The highest BCUT2D eigenvalue weighted by atomic mass is 14.7. The van der Waals surface area contributed by atoms with Crippen LogP contribution in [0.4, 0.5) is 0 Å². The standard InChI is InChI=1S/C8H10N2.C2H6/c1-6-3-8(4-9)7(2)10-5-6;1-2/h3-5,9H,1-2H3;1-2H3. The minimum atomic E-state index is 0.903. The maximum atomic E-state index is 7.02. The van der Waals surface area contributed by atoms with Crippen LogP contribution in [0.2, 0.25) is 0 Å². The molecule has 2 heteroatoms. The molecule has 0 fully saturated rings. The van der Waals surface area contributed by atoms with Gasteiger partial charge in [0.05, 0.1) is 0 Å². The number of rotatable bonds is 1. The van der Waals surface area contributed by atoms with Gasteiger partial charge in [-0.25, -0.2) is 0 Å². The second kappa shape index (κ2) is 5.47. The van der Waals surface area contributed by atoms with E-state index in [1.165, 1.54) is 6.21 Å². The van der Waals surface area contributed by atoms with E-state index in [4.69, 9.17) is 5.41 Å². The van der Waals surface area contributed by atoms with Crippen LogP contribution in [0.25, 0.3) is 0 Å². The number of nitrogens with one attached hydrogen (secondary N) is 1. The van der Waals surface area contributed by atoms with Crippen LogP contribution in [-0.4, -0.2) is 11.2 Å². The third-order valence-electron chi connectivity index (χ3n) is 1.42. The fourth-order valence-corrected chi connectivity index (χ4v) is 0.806. The summed E-state index contributed by atoms with van der Waals surface area (Å²) >= 11 is 0. The van der Waals surface area contributed by atoms with Gasteiger partial charge in [0, 0.05) is 23.7 Å². The predicted molar refractivity (Wildman–Crippen MR) is 52.9 cm³/mol. The first kappa shape index (κ1) is 10.8. The molecule has 1 heterocycles. The van der Waals surface area contributed by atoms with Crippen LogP contribution in [0.5, 0.6) is 0 Å². The van der Waals surface area contributed by atoms with Crippen molar-refractivity contribution in [3.05, 3.63) is 29.1 Å². The van der Waals surface area contributed by atoms with Crippen molar-refractivity contribution in [2.45, 2.75) is 27.7 Å². The van der Waals surface area contributed by atoms with Gasteiger partial charge >= 0.3 is 0 Å². The zero-order valence-electron chi connectivity index (χ0n) is 8.18. The highest BCUT2D eigenvalue weighted by Crippen LogP contribution is 2.03. The maximum absolute atomic E-state index is 7.02. The van der Waals surface area contributed by atoms with E-state index in [2.05, 4.69) is 4.98 Å². The number of pyridine rings is 1. The monoisotopic (exact) mass is 164 g/mol. The predicted octanol–water partition coefficient (Wildman–Crippen LogP) is 2.72. The summed E-state index contributed by atoms with van der Waals surface area (Å²) in [6, 6.07) is 1.95. The van der Waals surface area contributed by atoms with Crippen LogP contribution in [-0.2, 0) is 0 Å². The van der Waals surface area contributed by atoms with Crippen LogP contribution in [0, 0.1) is 19.3 Å². The molecular weight excluding hydrogens is 148 g/mol. The minimum Gasteiger partial charge on any atom is -0.308 e. The Balaban J connectivity index is 0.000000561. The Morgan fingerprint density at radius 1 is 1.33 bits per heavy atom. The molecule has 0 aliphatic heterocycles. The molecule has 0 amide bonds. The van der Waals surface area contributed by atoms with Crippen molar-refractivity contribution in [2.75, 3.05) is 0 Å². The number of hydrogen-bond acceptors (Lipinski definition) is 2. The van der Waals surface area contributed by atoms with E-state index in [9.17, 15) is 0 Å². The highest BCUT2D eigenvalue weighted by Gasteiger charge is 1.93. The van der Waals surface area contributed by atoms with Crippen molar-refractivity contribution in [3.63, 3.8) is 0 Å². The van der Waals surface area contributed by atoms with Gasteiger partial charge in [-0.1, -0.05) is 13.8 Å². The molecule has 0 radical (unpaired) electrons. The second-order valence-corrected chi connectivity index (χ2v) is 2.33. The first-order valence-corrected chi connectivity index (χ1v) is 4.18. The molecule has 0 atom stereocenters. The molecule has 66 valence electrons. The number of aryl methyl sites for hydroxylation is 2. The van der Waals surface area contributed by atoms with Gasteiger partial charge in [0.15, 0.2) is 0 Å². The number of aromatic nitrogens is 1. The highest BCUT2D eigenvalue weighted by molar-refractivity contribution is 5.78. The Morgan fingerprint density at radius 2 is 1.92 bits per heavy atom. The Kier molecular flexibility index (Phi) is 4.93. The third-order valence-corrected chi connectivity index (χ3v) is 1.42. The lowest BCUT2D eigenvalue weighted by atomic mass is 10.2. The first-order chi connectivity index (χ1) is 5.74. The Bertz CT molecular complexity index is 254. The molecule has 1 N–H and O–H groups in total. The fraction of sp³-hybridized carbons (Fsp3) is 0.400. The van der Waals surface area contributed by atoms with Crippen LogP contribution in [0.3, 0.4) is 0 Å². The Labute approximate surface area is 74.2 Å². The second-order valence-electron chi connectivity index (χ2n) is 2.33. The van der Waals surface area contributed by atoms with Crippen LogP contribution < -0.4 is 0 Å². The van der Waals surface area contributed by atoms with Gasteiger partial charge < -0.3 is 5.41 Å². The smallest absolute Gasteiger partial charge is 0.0460 e. The molecule has 0 aliphatic rings. The molecule has 0 saturated carbocycles. The van der Waals surface area contributed by atoms with Gasteiger partial charge in [-0.2, -0.15) is 0 Å². The average molecular weight is 164 g/mol.